The van der Waals surface area contributed by atoms with Crippen LogP contribution in [0.3, 0.4) is 0 Å². The number of thioether (sulfide) groups is 1. The molecule has 5 nitrogen and oxygen atoms in total. The molecule has 3 rings (SSSR count). The normalized spacial score (nSPS) is 25.0. The van der Waals surface area contributed by atoms with Crippen molar-refractivity contribution in [2.75, 3.05) is 13.7 Å². The summed E-state index contributed by atoms with van der Waals surface area (Å²) in [5, 5.41) is 11.1. The highest BCUT2D eigenvalue weighted by Gasteiger charge is 2.43. The fraction of sp³-hybridized carbons (Fsp3) is 0.381. The Morgan fingerprint density at radius 2 is 1.59 bits per heavy atom. The van der Waals surface area contributed by atoms with Gasteiger partial charge < -0.3 is 18.9 Å². The van der Waals surface area contributed by atoms with Gasteiger partial charge >= 0.3 is 0 Å². The molecule has 0 radical (unpaired) electrons. The predicted molar refractivity (Wildman–Crippen MR) is 104 cm³/mol. The van der Waals surface area contributed by atoms with Crippen LogP contribution in [0.25, 0.3) is 0 Å². The highest BCUT2D eigenvalue weighted by molar-refractivity contribution is 8.04. The first-order chi connectivity index (χ1) is 13.3. The van der Waals surface area contributed by atoms with Gasteiger partial charge in [0, 0.05) is 7.11 Å². The van der Waals surface area contributed by atoms with Crippen LogP contribution >= 0.6 is 11.8 Å². The van der Waals surface area contributed by atoms with E-state index in [0.717, 1.165) is 22.9 Å². The van der Waals surface area contributed by atoms with Crippen LogP contribution in [0.15, 0.2) is 60.7 Å². The standard InChI is InChI=1S/C21H23NO4S/c1-23-21-20(27-15-22)19(25-13-17-10-6-3-7-11-17)18(14-26-21)24-12-16-8-4-2-5-9-16/h2-11,18-21H,12-14H2,1H3/t18-,19+,20-,21+/m1/s1. The fourth-order valence-corrected chi connectivity index (χ4v) is 3.83. The Morgan fingerprint density at radius 3 is 2.15 bits per heavy atom. The quantitative estimate of drug-likeness (QED) is 0.645. The molecule has 2 aromatic rings. The van der Waals surface area contributed by atoms with E-state index in [2.05, 4.69) is 5.40 Å². The van der Waals surface area contributed by atoms with Gasteiger partial charge in [0.2, 0.25) is 0 Å². The van der Waals surface area contributed by atoms with Crippen molar-refractivity contribution in [2.45, 2.75) is 37.0 Å². The Bertz CT molecular complexity index is 722. The SMILES string of the molecule is CO[C@H]1OC[C@@H](OCc2ccccc2)[C@H](OCc2ccccc2)[C@H]1SC#N. The van der Waals surface area contributed by atoms with Crippen molar-refractivity contribution in [1.29, 1.82) is 5.26 Å². The highest BCUT2D eigenvalue weighted by Crippen LogP contribution is 2.31. The zero-order chi connectivity index (χ0) is 18.9. The van der Waals surface area contributed by atoms with Gasteiger partial charge in [-0.05, 0) is 22.9 Å². The van der Waals surface area contributed by atoms with Gasteiger partial charge in [-0.1, -0.05) is 60.7 Å². The van der Waals surface area contributed by atoms with Gasteiger partial charge in [0.25, 0.3) is 0 Å². The summed E-state index contributed by atoms with van der Waals surface area (Å²) in [5.74, 6) is 0. The number of hydrogen-bond donors (Lipinski definition) is 0. The zero-order valence-corrected chi connectivity index (χ0v) is 16.0. The first-order valence-electron chi connectivity index (χ1n) is 8.82. The molecule has 0 saturated carbocycles. The van der Waals surface area contributed by atoms with Crippen LogP contribution in [0.5, 0.6) is 0 Å². The predicted octanol–water partition coefficient (Wildman–Crippen LogP) is 3.74. The molecule has 6 heteroatoms. The number of thiocyanates is 1. The molecule has 1 aliphatic rings. The van der Waals surface area contributed by atoms with Gasteiger partial charge in [-0.2, -0.15) is 5.26 Å². The molecule has 2 aromatic carbocycles. The second kappa shape index (κ2) is 10.5. The molecule has 0 spiro atoms. The maximum Gasteiger partial charge on any atom is 0.172 e. The molecule has 27 heavy (non-hydrogen) atoms. The van der Waals surface area contributed by atoms with E-state index in [9.17, 15) is 5.26 Å². The van der Waals surface area contributed by atoms with E-state index in [1.54, 1.807) is 7.11 Å². The summed E-state index contributed by atoms with van der Waals surface area (Å²) in [6.45, 7) is 1.25. The summed E-state index contributed by atoms with van der Waals surface area (Å²) in [5.41, 5.74) is 2.15. The van der Waals surface area contributed by atoms with Gasteiger partial charge in [0.05, 0.1) is 25.1 Å². The van der Waals surface area contributed by atoms with Crippen molar-refractivity contribution in [1.82, 2.24) is 0 Å². The van der Waals surface area contributed by atoms with Crippen LogP contribution in [0.2, 0.25) is 0 Å². The summed E-state index contributed by atoms with van der Waals surface area (Å²) in [6.07, 6.45) is -1.12. The Morgan fingerprint density at radius 1 is 1.00 bits per heavy atom. The van der Waals surface area contributed by atoms with Crippen LogP contribution in [-0.2, 0) is 32.2 Å². The fourth-order valence-electron chi connectivity index (χ4n) is 3.02. The summed E-state index contributed by atoms with van der Waals surface area (Å²) < 4.78 is 23.5. The first kappa shape index (κ1) is 19.9. The smallest absolute Gasteiger partial charge is 0.172 e. The Labute approximate surface area is 164 Å². The van der Waals surface area contributed by atoms with Gasteiger partial charge in [-0.15, -0.1) is 0 Å². The first-order valence-corrected chi connectivity index (χ1v) is 9.70. The van der Waals surface area contributed by atoms with Gasteiger partial charge in [0.1, 0.15) is 17.6 Å². The Balaban J connectivity index is 1.71. The van der Waals surface area contributed by atoms with Crippen molar-refractivity contribution >= 4 is 11.8 Å². The third-order valence-electron chi connectivity index (χ3n) is 4.40. The zero-order valence-electron chi connectivity index (χ0n) is 15.2. The molecule has 1 saturated heterocycles. The molecule has 0 unspecified atom stereocenters. The van der Waals surface area contributed by atoms with Crippen LogP contribution in [-0.4, -0.2) is 37.5 Å². The minimum Gasteiger partial charge on any atom is -0.369 e. The number of methoxy groups -OCH3 is 1. The van der Waals surface area contributed by atoms with E-state index >= 15 is 0 Å². The molecular formula is C21H23NO4S. The van der Waals surface area contributed by atoms with E-state index in [1.165, 1.54) is 0 Å². The van der Waals surface area contributed by atoms with Crippen molar-refractivity contribution in [3.8, 4) is 5.40 Å². The van der Waals surface area contributed by atoms with E-state index in [1.807, 2.05) is 60.7 Å². The van der Waals surface area contributed by atoms with E-state index in [-0.39, 0.29) is 17.5 Å². The van der Waals surface area contributed by atoms with Crippen molar-refractivity contribution in [3.63, 3.8) is 0 Å². The average Bonchev–Trinajstić information content (AvgIpc) is 2.73. The molecular weight excluding hydrogens is 362 g/mol. The molecule has 0 N–H and O–H groups in total. The lowest BCUT2D eigenvalue weighted by Gasteiger charge is -2.40. The van der Waals surface area contributed by atoms with E-state index in [0.29, 0.717) is 19.8 Å². The van der Waals surface area contributed by atoms with Crippen molar-refractivity contribution in [2.24, 2.45) is 0 Å². The van der Waals surface area contributed by atoms with Crippen LogP contribution in [0.1, 0.15) is 11.1 Å². The number of benzene rings is 2. The minimum atomic E-state index is -0.507. The number of hydrogen-bond acceptors (Lipinski definition) is 6. The second-order valence-corrected chi connectivity index (χ2v) is 7.17. The highest BCUT2D eigenvalue weighted by atomic mass is 32.2. The van der Waals surface area contributed by atoms with Gasteiger partial charge in [-0.25, -0.2) is 0 Å². The number of ether oxygens (including phenoxy) is 4. The minimum absolute atomic E-state index is 0.286. The third-order valence-corrected chi connectivity index (χ3v) is 5.26. The molecule has 0 amide bonds. The molecule has 4 atom stereocenters. The Kier molecular flexibility index (Phi) is 7.69. The maximum absolute atomic E-state index is 9.23. The summed E-state index contributed by atoms with van der Waals surface area (Å²) >= 11 is 1.10. The lowest BCUT2D eigenvalue weighted by Crippen LogP contribution is -2.54. The molecule has 1 fully saturated rings. The lowest BCUT2D eigenvalue weighted by atomic mass is 10.1. The molecule has 0 aliphatic carbocycles. The number of rotatable bonds is 8. The summed E-state index contributed by atoms with van der Waals surface area (Å²) in [7, 11) is 1.58. The maximum atomic E-state index is 9.23. The average molecular weight is 385 g/mol. The van der Waals surface area contributed by atoms with E-state index in [4.69, 9.17) is 18.9 Å². The number of nitrogens with zero attached hydrogens (tertiary/aromatic N) is 1. The lowest BCUT2D eigenvalue weighted by molar-refractivity contribution is -0.225. The number of nitriles is 1. The third kappa shape index (κ3) is 5.55. The molecule has 0 aromatic heterocycles. The van der Waals surface area contributed by atoms with Crippen molar-refractivity contribution in [3.05, 3.63) is 71.8 Å². The Hall–Kier alpha value is -1.88. The van der Waals surface area contributed by atoms with Crippen LogP contribution < -0.4 is 0 Å². The molecule has 1 aliphatic heterocycles. The van der Waals surface area contributed by atoms with Crippen molar-refractivity contribution < 1.29 is 18.9 Å². The summed E-state index contributed by atoms with van der Waals surface area (Å²) in [6, 6.07) is 19.9. The topological polar surface area (TPSA) is 60.7 Å². The van der Waals surface area contributed by atoms with Crippen LogP contribution in [0.4, 0.5) is 0 Å². The van der Waals surface area contributed by atoms with Gasteiger partial charge in [-0.3, -0.25) is 0 Å². The molecule has 0 bridgehead atoms. The van der Waals surface area contributed by atoms with Gasteiger partial charge in [0.15, 0.2) is 6.29 Å². The molecule has 1 heterocycles. The molecule has 142 valence electrons. The van der Waals surface area contributed by atoms with E-state index < -0.39 is 6.29 Å². The summed E-state index contributed by atoms with van der Waals surface area (Å²) in [4.78, 5) is 0. The van der Waals surface area contributed by atoms with Crippen LogP contribution in [0, 0.1) is 10.7 Å². The monoisotopic (exact) mass is 385 g/mol. The largest absolute Gasteiger partial charge is 0.369 e. The second-order valence-electron chi connectivity index (χ2n) is 6.21.